The zero-order chi connectivity index (χ0) is 14.7. The molecule has 0 spiro atoms. The maximum absolute atomic E-state index is 13.8. The van der Waals surface area contributed by atoms with E-state index in [4.69, 9.17) is 16.3 Å². The summed E-state index contributed by atoms with van der Waals surface area (Å²) in [4.78, 5) is 12.1. The quantitative estimate of drug-likeness (QED) is 0.927. The molecular weight excluding hydrogens is 281 g/mol. The first-order chi connectivity index (χ1) is 9.52. The highest BCUT2D eigenvalue weighted by Gasteiger charge is 2.15. The first-order valence-electron chi connectivity index (χ1n) is 5.93. The number of benzene rings is 2. The minimum Gasteiger partial charge on any atom is -0.497 e. The molecule has 0 saturated heterocycles. The van der Waals surface area contributed by atoms with Gasteiger partial charge in [-0.15, -0.1) is 0 Å². The Kier molecular flexibility index (Phi) is 4.25. The molecule has 0 bridgehead atoms. The van der Waals surface area contributed by atoms with E-state index in [9.17, 15) is 9.18 Å². The van der Waals surface area contributed by atoms with Gasteiger partial charge in [-0.2, -0.15) is 0 Å². The molecule has 0 fully saturated rings. The summed E-state index contributed by atoms with van der Waals surface area (Å²) in [6.07, 6.45) is 0. The molecule has 3 nitrogen and oxygen atoms in total. The second-order valence-corrected chi connectivity index (χ2v) is 4.64. The summed E-state index contributed by atoms with van der Waals surface area (Å²) in [6, 6.07) is 9.31. The largest absolute Gasteiger partial charge is 0.497 e. The third-order valence-corrected chi connectivity index (χ3v) is 3.20. The lowest BCUT2D eigenvalue weighted by Gasteiger charge is -2.11. The summed E-state index contributed by atoms with van der Waals surface area (Å²) in [6.45, 7) is 1.81. The van der Waals surface area contributed by atoms with Crippen molar-refractivity contribution in [2.75, 3.05) is 12.4 Å². The lowest BCUT2D eigenvalue weighted by molar-refractivity contribution is 0.102. The van der Waals surface area contributed by atoms with E-state index < -0.39 is 11.7 Å². The number of para-hydroxylation sites is 1. The number of anilines is 1. The average Bonchev–Trinajstić information content (AvgIpc) is 2.42. The number of aryl methyl sites for hydroxylation is 1. The molecule has 2 rings (SSSR count). The van der Waals surface area contributed by atoms with Crippen molar-refractivity contribution < 1.29 is 13.9 Å². The predicted molar refractivity (Wildman–Crippen MR) is 77.1 cm³/mol. The molecule has 0 heterocycles. The van der Waals surface area contributed by atoms with Gasteiger partial charge in [-0.25, -0.2) is 4.39 Å². The molecule has 2 aromatic carbocycles. The van der Waals surface area contributed by atoms with Crippen LogP contribution < -0.4 is 10.1 Å². The first-order valence-corrected chi connectivity index (χ1v) is 6.30. The van der Waals surface area contributed by atoms with Crippen molar-refractivity contribution in [1.82, 2.24) is 0 Å². The summed E-state index contributed by atoms with van der Waals surface area (Å²) >= 11 is 6.02. The van der Waals surface area contributed by atoms with Gasteiger partial charge in [-0.05, 0) is 30.7 Å². The van der Waals surface area contributed by atoms with Crippen LogP contribution in [0.3, 0.4) is 0 Å². The molecule has 0 radical (unpaired) electrons. The SMILES string of the molecule is COc1ccc(C(=O)Nc2c(C)cccc2Cl)c(F)c1. The van der Waals surface area contributed by atoms with Gasteiger partial charge in [0.25, 0.3) is 5.91 Å². The Bertz CT molecular complexity index is 638. The zero-order valence-corrected chi connectivity index (χ0v) is 11.8. The van der Waals surface area contributed by atoms with Crippen molar-refractivity contribution in [1.29, 1.82) is 0 Å². The topological polar surface area (TPSA) is 38.3 Å². The summed E-state index contributed by atoms with van der Waals surface area (Å²) in [7, 11) is 1.43. The van der Waals surface area contributed by atoms with E-state index in [1.807, 2.05) is 13.0 Å². The summed E-state index contributed by atoms with van der Waals surface area (Å²) < 4.78 is 18.7. The minimum absolute atomic E-state index is 0.0647. The van der Waals surface area contributed by atoms with Gasteiger partial charge in [0.2, 0.25) is 0 Å². The number of hydrogen-bond donors (Lipinski definition) is 1. The number of ether oxygens (including phenoxy) is 1. The van der Waals surface area contributed by atoms with Gasteiger partial charge in [-0.1, -0.05) is 23.7 Å². The van der Waals surface area contributed by atoms with Crippen LogP contribution in [0.1, 0.15) is 15.9 Å². The fraction of sp³-hybridized carbons (Fsp3) is 0.133. The van der Waals surface area contributed by atoms with E-state index in [1.165, 1.54) is 19.2 Å². The number of carbonyl (C=O) groups excluding carboxylic acids is 1. The van der Waals surface area contributed by atoms with Gasteiger partial charge in [-0.3, -0.25) is 4.79 Å². The van der Waals surface area contributed by atoms with Crippen LogP contribution in [0, 0.1) is 12.7 Å². The maximum Gasteiger partial charge on any atom is 0.258 e. The molecule has 0 aliphatic carbocycles. The van der Waals surface area contributed by atoms with Gasteiger partial charge in [0, 0.05) is 6.07 Å². The van der Waals surface area contributed by atoms with Crippen molar-refractivity contribution in [3.05, 3.63) is 58.4 Å². The average molecular weight is 294 g/mol. The van der Waals surface area contributed by atoms with E-state index in [0.29, 0.717) is 16.5 Å². The Morgan fingerprint density at radius 1 is 1.30 bits per heavy atom. The van der Waals surface area contributed by atoms with E-state index in [0.717, 1.165) is 11.6 Å². The fourth-order valence-electron chi connectivity index (χ4n) is 1.78. The number of methoxy groups -OCH3 is 1. The van der Waals surface area contributed by atoms with Crippen molar-refractivity contribution in [3.63, 3.8) is 0 Å². The van der Waals surface area contributed by atoms with Gasteiger partial charge >= 0.3 is 0 Å². The molecule has 2 aromatic rings. The van der Waals surface area contributed by atoms with Gasteiger partial charge in [0.05, 0.1) is 23.4 Å². The van der Waals surface area contributed by atoms with Crippen LogP contribution in [0.2, 0.25) is 5.02 Å². The lowest BCUT2D eigenvalue weighted by atomic mass is 10.1. The van der Waals surface area contributed by atoms with Crippen LogP contribution in [0.25, 0.3) is 0 Å². The lowest BCUT2D eigenvalue weighted by Crippen LogP contribution is -2.15. The Hall–Kier alpha value is -2.07. The van der Waals surface area contributed by atoms with Crippen LogP contribution in [-0.4, -0.2) is 13.0 Å². The van der Waals surface area contributed by atoms with Gasteiger partial charge in [0.1, 0.15) is 11.6 Å². The highest BCUT2D eigenvalue weighted by atomic mass is 35.5. The summed E-state index contributed by atoms with van der Waals surface area (Å²) in [5.74, 6) is -0.846. The van der Waals surface area contributed by atoms with Crippen LogP contribution >= 0.6 is 11.6 Å². The van der Waals surface area contributed by atoms with Crippen molar-refractivity contribution >= 4 is 23.2 Å². The highest BCUT2D eigenvalue weighted by molar-refractivity contribution is 6.34. The molecular formula is C15H13ClFNO2. The molecule has 0 atom stereocenters. The number of carbonyl (C=O) groups is 1. The molecule has 0 aliphatic heterocycles. The van der Waals surface area contributed by atoms with E-state index in [2.05, 4.69) is 5.32 Å². The van der Waals surface area contributed by atoms with E-state index >= 15 is 0 Å². The monoisotopic (exact) mass is 293 g/mol. The number of rotatable bonds is 3. The number of hydrogen-bond acceptors (Lipinski definition) is 2. The molecule has 104 valence electrons. The van der Waals surface area contributed by atoms with Crippen molar-refractivity contribution in [2.45, 2.75) is 6.92 Å². The van der Waals surface area contributed by atoms with Crippen molar-refractivity contribution in [3.8, 4) is 5.75 Å². The molecule has 20 heavy (non-hydrogen) atoms. The molecule has 0 aliphatic rings. The standard InChI is InChI=1S/C15H13ClFNO2/c1-9-4-3-5-12(16)14(9)18-15(19)11-7-6-10(20-2)8-13(11)17/h3-8H,1-2H3,(H,18,19). The second kappa shape index (κ2) is 5.92. The third kappa shape index (κ3) is 2.91. The molecule has 1 amide bonds. The van der Waals surface area contributed by atoms with Gasteiger partial charge in [0.15, 0.2) is 0 Å². The normalized spacial score (nSPS) is 10.2. The van der Waals surface area contributed by atoms with Crippen molar-refractivity contribution in [2.24, 2.45) is 0 Å². The summed E-state index contributed by atoms with van der Waals surface area (Å²) in [5.41, 5.74) is 1.22. The van der Waals surface area contributed by atoms with Crippen LogP contribution in [0.5, 0.6) is 5.75 Å². The smallest absolute Gasteiger partial charge is 0.258 e. The molecule has 0 unspecified atom stereocenters. The first kappa shape index (κ1) is 14.3. The van der Waals surface area contributed by atoms with Gasteiger partial charge < -0.3 is 10.1 Å². The second-order valence-electron chi connectivity index (χ2n) is 4.23. The summed E-state index contributed by atoms with van der Waals surface area (Å²) in [5, 5.41) is 3.03. The third-order valence-electron chi connectivity index (χ3n) is 2.88. The zero-order valence-electron chi connectivity index (χ0n) is 11.0. The number of amides is 1. The van der Waals surface area contributed by atoms with Crippen LogP contribution in [0.4, 0.5) is 10.1 Å². The van der Waals surface area contributed by atoms with E-state index in [-0.39, 0.29) is 5.56 Å². The Labute approximate surface area is 121 Å². The number of halogens is 2. The Morgan fingerprint density at radius 3 is 2.65 bits per heavy atom. The van der Waals surface area contributed by atoms with Crippen LogP contribution in [-0.2, 0) is 0 Å². The molecule has 5 heteroatoms. The fourth-order valence-corrected chi connectivity index (χ4v) is 2.05. The van der Waals surface area contributed by atoms with Crippen LogP contribution in [0.15, 0.2) is 36.4 Å². The Morgan fingerprint density at radius 2 is 2.05 bits per heavy atom. The maximum atomic E-state index is 13.8. The van der Waals surface area contributed by atoms with E-state index in [1.54, 1.807) is 12.1 Å². The predicted octanol–water partition coefficient (Wildman–Crippen LogP) is 4.05. The minimum atomic E-state index is -0.647. The molecule has 0 saturated carbocycles. The molecule has 1 N–H and O–H groups in total. The number of nitrogens with one attached hydrogen (secondary N) is 1. The highest BCUT2D eigenvalue weighted by Crippen LogP contribution is 2.26. The Balaban J connectivity index is 2.29. The molecule has 0 aromatic heterocycles.